The van der Waals surface area contributed by atoms with E-state index >= 15 is 0 Å². The molecule has 4 rings (SSSR count). The third-order valence-electron chi connectivity index (χ3n) is 4.78. The number of fused-ring (bicyclic) bond motifs is 1. The maximum atomic E-state index is 12.7. The Labute approximate surface area is 135 Å². The minimum Gasteiger partial charge on any atom is -0.493 e. The quantitative estimate of drug-likeness (QED) is 0.926. The van der Waals surface area contributed by atoms with Crippen LogP contribution < -0.4 is 4.74 Å². The molecule has 23 heavy (non-hydrogen) atoms. The maximum absolute atomic E-state index is 12.7. The Hall–Kier alpha value is -2.33. The second kappa shape index (κ2) is 5.39. The number of amides is 1. The summed E-state index contributed by atoms with van der Waals surface area (Å²) in [7, 11) is 0. The molecule has 2 heterocycles. The first-order valence-electron chi connectivity index (χ1n) is 7.99. The molecule has 1 saturated heterocycles. The highest BCUT2D eigenvalue weighted by Gasteiger charge is 2.39. The molecule has 0 radical (unpaired) electrons. The number of carbonyl (C=O) groups is 1. The maximum Gasteiger partial charge on any atom is 0.253 e. The van der Waals surface area contributed by atoms with Gasteiger partial charge >= 0.3 is 0 Å². The highest BCUT2D eigenvalue weighted by Crippen LogP contribution is 2.33. The Kier molecular flexibility index (Phi) is 3.34. The molecule has 4 nitrogen and oxygen atoms in total. The molecule has 2 aromatic rings. The van der Waals surface area contributed by atoms with Crippen LogP contribution in [0.5, 0.6) is 5.75 Å². The van der Waals surface area contributed by atoms with E-state index in [0.29, 0.717) is 31.7 Å². The summed E-state index contributed by atoms with van der Waals surface area (Å²) in [6.07, 6.45) is 1.42. The van der Waals surface area contributed by atoms with Crippen molar-refractivity contribution in [1.29, 1.82) is 0 Å². The summed E-state index contributed by atoms with van der Waals surface area (Å²) in [5.74, 6) is 0.857. The van der Waals surface area contributed by atoms with Crippen molar-refractivity contribution < 1.29 is 14.6 Å². The molecule has 2 aliphatic heterocycles. The van der Waals surface area contributed by atoms with Crippen molar-refractivity contribution in [3.05, 3.63) is 65.2 Å². The van der Waals surface area contributed by atoms with Gasteiger partial charge < -0.3 is 14.7 Å². The van der Waals surface area contributed by atoms with Gasteiger partial charge in [-0.15, -0.1) is 0 Å². The van der Waals surface area contributed by atoms with Crippen LogP contribution in [-0.4, -0.2) is 35.6 Å². The Balaban J connectivity index is 1.54. The predicted molar refractivity (Wildman–Crippen MR) is 86.5 cm³/mol. The van der Waals surface area contributed by atoms with E-state index in [4.69, 9.17) is 4.74 Å². The number of β-amino-alcohol motifs (C(OH)–C–C–N with tert-alkyl or cyclic N) is 1. The third-order valence-corrected chi connectivity index (χ3v) is 4.78. The number of aliphatic hydroxyl groups is 1. The summed E-state index contributed by atoms with van der Waals surface area (Å²) in [6.45, 7) is 1.59. The number of carbonyl (C=O) groups excluding carboxylic acids is 1. The van der Waals surface area contributed by atoms with Crippen molar-refractivity contribution >= 4 is 5.91 Å². The molecule has 1 fully saturated rings. The highest BCUT2D eigenvalue weighted by atomic mass is 16.5. The zero-order valence-electron chi connectivity index (χ0n) is 12.9. The lowest BCUT2D eigenvalue weighted by atomic mass is 9.93. The van der Waals surface area contributed by atoms with E-state index in [9.17, 15) is 9.90 Å². The zero-order valence-corrected chi connectivity index (χ0v) is 12.9. The molecule has 2 aromatic carbocycles. The van der Waals surface area contributed by atoms with Crippen molar-refractivity contribution in [3.8, 4) is 5.75 Å². The second-order valence-electron chi connectivity index (χ2n) is 6.30. The molecule has 4 heteroatoms. The van der Waals surface area contributed by atoms with Gasteiger partial charge in [0.05, 0.1) is 13.2 Å². The van der Waals surface area contributed by atoms with E-state index in [1.54, 1.807) is 4.90 Å². The van der Waals surface area contributed by atoms with Crippen molar-refractivity contribution in [3.63, 3.8) is 0 Å². The van der Waals surface area contributed by atoms with Crippen molar-refractivity contribution in [1.82, 2.24) is 4.90 Å². The Morgan fingerprint density at radius 3 is 2.83 bits per heavy atom. The lowest BCUT2D eigenvalue weighted by Crippen LogP contribution is -2.34. The largest absolute Gasteiger partial charge is 0.493 e. The molecule has 2 aliphatic rings. The number of ether oxygens (including phenoxy) is 1. The van der Waals surface area contributed by atoms with E-state index in [1.165, 1.54) is 0 Å². The molecule has 0 saturated carbocycles. The van der Waals surface area contributed by atoms with E-state index in [0.717, 1.165) is 23.3 Å². The molecular formula is C19H19NO3. The van der Waals surface area contributed by atoms with Gasteiger partial charge in [-0.1, -0.05) is 30.3 Å². The van der Waals surface area contributed by atoms with Gasteiger partial charge in [0, 0.05) is 18.5 Å². The van der Waals surface area contributed by atoms with Gasteiger partial charge in [-0.05, 0) is 35.7 Å². The van der Waals surface area contributed by atoms with Gasteiger partial charge in [0.25, 0.3) is 5.91 Å². The molecule has 1 atom stereocenters. The molecule has 1 N–H and O–H groups in total. The van der Waals surface area contributed by atoms with Crippen molar-refractivity contribution in [2.45, 2.75) is 18.4 Å². The van der Waals surface area contributed by atoms with Crippen LogP contribution in [0.1, 0.15) is 27.9 Å². The fourth-order valence-electron chi connectivity index (χ4n) is 3.45. The van der Waals surface area contributed by atoms with E-state index in [1.807, 2.05) is 48.5 Å². The smallest absolute Gasteiger partial charge is 0.253 e. The predicted octanol–water partition coefficient (Wildman–Crippen LogP) is 2.36. The number of rotatable bonds is 2. The number of likely N-dealkylation sites (tertiary alicyclic amines) is 1. The van der Waals surface area contributed by atoms with Crippen LogP contribution in [0.25, 0.3) is 0 Å². The number of nitrogens with zero attached hydrogens (tertiary/aromatic N) is 1. The van der Waals surface area contributed by atoms with Crippen LogP contribution in [0.3, 0.4) is 0 Å². The van der Waals surface area contributed by atoms with Gasteiger partial charge in [0.15, 0.2) is 0 Å². The van der Waals surface area contributed by atoms with E-state index < -0.39 is 5.60 Å². The van der Waals surface area contributed by atoms with Crippen molar-refractivity contribution in [2.75, 3.05) is 19.7 Å². The summed E-state index contributed by atoms with van der Waals surface area (Å²) >= 11 is 0. The van der Waals surface area contributed by atoms with Crippen LogP contribution in [0.2, 0.25) is 0 Å². The summed E-state index contributed by atoms with van der Waals surface area (Å²) in [5.41, 5.74) is 1.69. The Morgan fingerprint density at radius 1 is 1.17 bits per heavy atom. The van der Waals surface area contributed by atoms with E-state index in [2.05, 4.69) is 0 Å². The first kappa shape index (κ1) is 14.3. The minimum absolute atomic E-state index is 0.0217. The molecule has 1 unspecified atom stereocenters. The normalized spacial score (nSPS) is 22.7. The first-order chi connectivity index (χ1) is 11.2. The second-order valence-corrected chi connectivity index (χ2v) is 6.30. The Morgan fingerprint density at radius 2 is 2.00 bits per heavy atom. The zero-order chi connectivity index (χ0) is 15.9. The number of hydrogen-bond donors (Lipinski definition) is 1. The van der Waals surface area contributed by atoms with E-state index in [-0.39, 0.29) is 5.91 Å². The first-order valence-corrected chi connectivity index (χ1v) is 7.99. The van der Waals surface area contributed by atoms with Gasteiger partial charge in [-0.2, -0.15) is 0 Å². The number of hydrogen-bond acceptors (Lipinski definition) is 3. The average molecular weight is 309 g/mol. The fraction of sp³-hybridized carbons (Fsp3) is 0.316. The van der Waals surface area contributed by atoms with Crippen molar-refractivity contribution in [2.24, 2.45) is 0 Å². The average Bonchev–Trinajstić information content (AvgIpc) is 3.21. The molecule has 1 amide bonds. The molecule has 118 valence electrons. The third kappa shape index (κ3) is 2.49. The monoisotopic (exact) mass is 309 g/mol. The van der Waals surface area contributed by atoms with Crippen LogP contribution in [-0.2, 0) is 12.0 Å². The summed E-state index contributed by atoms with van der Waals surface area (Å²) < 4.78 is 5.48. The van der Waals surface area contributed by atoms with Gasteiger partial charge in [0.1, 0.15) is 11.4 Å². The van der Waals surface area contributed by atoms with Gasteiger partial charge in [-0.25, -0.2) is 0 Å². The number of benzene rings is 2. The molecule has 0 spiro atoms. The standard InChI is InChI=1S/C19H19NO3/c21-18(15-6-7-17-14(12-15)8-11-23-17)20-10-9-19(22,13-20)16-4-2-1-3-5-16/h1-7,12,22H,8-11,13H2. The van der Waals surface area contributed by atoms with Crippen LogP contribution >= 0.6 is 0 Å². The van der Waals surface area contributed by atoms with Crippen LogP contribution in [0.15, 0.2) is 48.5 Å². The molecule has 0 bridgehead atoms. The topological polar surface area (TPSA) is 49.8 Å². The van der Waals surface area contributed by atoms with Crippen LogP contribution in [0.4, 0.5) is 0 Å². The molecule has 0 aromatic heterocycles. The van der Waals surface area contributed by atoms with Gasteiger partial charge in [0.2, 0.25) is 0 Å². The summed E-state index contributed by atoms with van der Waals surface area (Å²) in [5, 5.41) is 10.9. The summed E-state index contributed by atoms with van der Waals surface area (Å²) in [4.78, 5) is 14.5. The SMILES string of the molecule is O=C(c1ccc2c(c1)CCO2)N1CCC(O)(c2ccccc2)C1. The highest BCUT2D eigenvalue weighted by molar-refractivity contribution is 5.95. The minimum atomic E-state index is -0.948. The lowest BCUT2D eigenvalue weighted by Gasteiger charge is -2.24. The fourth-order valence-corrected chi connectivity index (χ4v) is 3.45. The lowest BCUT2D eigenvalue weighted by molar-refractivity contribution is 0.0417. The van der Waals surface area contributed by atoms with Crippen LogP contribution in [0, 0.1) is 0 Å². The Bertz CT molecular complexity index is 744. The molecular weight excluding hydrogens is 290 g/mol. The van der Waals surface area contributed by atoms with Gasteiger partial charge in [-0.3, -0.25) is 4.79 Å². The molecule has 0 aliphatic carbocycles. The summed E-state index contributed by atoms with van der Waals surface area (Å²) in [6, 6.07) is 15.2.